The van der Waals surface area contributed by atoms with Gasteiger partial charge >= 0.3 is 0 Å². The molecule has 0 saturated carbocycles. The van der Waals surface area contributed by atoms with Crippen molar-refractivity contribution in [1.29, 1.82) is 0 Å². The van der Waals surface area contributed by atoms with Crippen molar-refractivity contribution < 1.29 is 17.9 Å². The van der Waals surface area contributed by atoms with Gasteiger partial charge in [0.15, 0.2) is 0 Å². The van der Waals surface area contributed by atoms with Crippen molar-refractivity contribution in [2.24, 2.45) is 0 Å². The Labute approximate surface area is 172 Å². The third-order valence-corrected chi connectivity index (χ3v) is 7.01. The van der Waals surface area contributed by atoms with Gasteiger partial charge in [-0.2, -0.15) is 4.31 Å². The highest BCUT2D eigenvalue weighted by Gasteiger charge is 2.25. The van der Waals surface area contributed by atoms with Gasteiger partial charge in [0.25, 0.3) is 5.91 Å². The van der Waals surface area contributed by atoms with Crippen LogP contribution in [0.2, 0.25) is 0 Å². The van der Waals surface area contributed by atoms with Crippen molar-refractivity contribution in [2.75, 3.05) is 18.4 Å². The number of ether oxygens (including phenoxy) is 1. The zero-order chi connectivity index (χ0) is 20.9. The van der Waals surface area contributed by atoms with E-state index in [0.29, 0.717) is 24.3 Å². The molecule has 7 heteroatoms. The number of amides is 1. The number of benzene rings is 2. The summed E-state index contributed by atoms with van der Waals surface area (Å²) in [5.74, 6) is 0.467. The molecule has 1 aliphatic rings. The van der Waals surface area contributed by atoms with E-state index in [9.17, 15) is 13.2 Å². The molecule has 0 radical (unpaired) electrons. The predicted octanol–water partition coefficient (Wildman–Crippen LogP) is 4.29. The summed E-state index contributed by atoms with van der Waals surface area (Å²) in [4.78, 5) is 12.7. The molecule has 0 spiro atoms. The van der Waals surface area contributed by atoms with Crippen LogP contribution in [0.5, 0.6) is 5.75 Å². The topological polar surface area (TPSA) is 75.7 Å². The molecule has 1 saturated heterocycles. The van der Waals surface area contributed by atoms with Gasteiger partial charge < -0.3 is 10.1 Å². The summed E-state index contributed by atoms with van der Waals surface area (Å²) < 4.78 is 32.7. The molecule has 2 aromatic carbocycles. The second-order valence-electron chi connectivity index (χ2n) is 7.30. The number of carbonyl (C=O) groups is 1. The number of nitrogens with zero attached hydrogens (tertiary/aromatic N) is 1. The second kappa shape index (κ2) is 9.41. The zero-order valence-corrected chi connectivity index (χ0v) is 17.7. The predicted molar refractivity (Wildman–Crippen MR) is 114 cm³/mol. The lowest BCUT2D eigenvalue weighted by Gasteiger charge is -2.25. The first-order valence-electron chi connectivity index (χ1n) is 10.1. The normalized spacial score (nSPS) is 16.2. The summed E-state index contributed by atoms with van der Waals surface area (Å²) in [6, 6.07) is 13.3. The number of sulfonamides is 1. The van der Waals surface area contributed by atoms with Crippen molar-refractivity contribution in [3.8, 4) is 5.75 Å². The van der Waals surface area contributed by atoms with Crippen LogP contribution < -0.4 is 10.1 Å². The van der Waals surface area contributed by atoms with Gasteiger partial charge in [-0.15, -0.1) is 0 Å². The number of hydrogen-bond donors (Lipinski definition) is 1. The molecule has 1 fully saturated rings. The molecule has 1 atom stereocenters. The van der Waals surface area contributed by atoms with Crippen LogP contribution in [0.4, 0.5) is 5.69 Å². The Bertz CT molecular complexity index is 918. The highest BCUT2D eigenvalue weighted by atomic mass is 32.2. The van der Waals surface area contributed by atoms with Gasteiger partial charge in [-0.25, -0.2) is 8.42 Å². The van der Waals surface area contributed by atoms with Crippen LogP contribution >= 0.6 is 0 Å². The lowest BCUT2D eigenvalue weighted by molar-refractivity contribution is 0.102. The van der Waals surface area contributed by atoms with E-state index in [2.05, 4.69) is 12.2 Å². The third kappa shape index (κ3) is 5.36. The molecule has 6 nitrogen and oxygen atoms in total. The fourth-order valence-corrected chi connectivity index (χ4v) is 4.69. The number of rotatable bonds is 7. The summed E-state index contributed by atoms with van der Waals surface area (Å²) in [7, 11) is -3.47. The average Bonchev–Trinajstić information content (AvgIpc) is 2.75. The third-order valence-electron chi connectivity index (χ3n) is 5.09. The van der Waals surface area contributed by atoms with Crippen LogP contribution in [0.1, 0.15) is 49.9 Å². The Kier molecular flexibility index (Phi) is 6.92. The Hall–Kier alpha value is -2.38. The lowest BCUT2D eigenvalue weighted by atomic mass is 10.2. The number of hydrogen-bond acceptors (Lipinski definition) is 4. The average molecular weight is 417 g/mol. The lowest BCUT2D eigenvalue weighted by Crippen LogP contribution is -2.35. The van der Waals surface area contributed by atoms with Crippen LogP contribution in [0.15, 0.2) is 53.4 Å². The molecular weight excluding hydrogens is 388 g/mol. The number of nitrogens with one attached hydrogen (secondary N) is 1. The minimum atomic E-state index is -3.47. The molecule has 1 amide bonds. The first-order chi connectivity index (χ1) is 13.9. The fraction of sp³-hybridized carbons (Fsp3) is 0.409. The number of carbonyl (C=O) groups excluding carboxylic acids is 1. The van der Waals surface area contributed by atoms with Crippen molar-refractivity contribution in [1.82, 2.24) is 4.31 Å². The van der Waals surface area contributed by atoms with Crippen LogP contribution in [0.25, 0.3) is 0 Å². The summed E-state index contributed by atoms with van der Waals surface area (Å²) in [6.45, 7) is 5.18. The summed E-state index contributed by atoms with van der Waals surface area (Å²) in [5, 5.41) is 2.80. The van der Waals surface area contributed by atoms with Gasteiger partial charge in [0.2, 0.25) is 10.0 Å². The van der Waals surface area contributed by atoms with E-state index in [0.717, 1.165) is 31.4 Å². The van der Waals surface area contributed by atoms with E-state index in [1.54, 1.807) is 48.5 Å². The van der Waals surface area contributed by atoms with Crippen LogP contribution in [0.3, 0.4) is 0 Å². The van der Waals surface area contributed by atoms with Gasteiger partial charge in [-0.05, 0) is 74.7 Å². The van der Waals surface area contributed by atoms with Gasteiger partial charge in [0.05, 0.1) is 11.0 Å². The van der Waals surface area contributed by atoms with E-state index in [1.807, 2.05) is 6.92 Å². The highest BCUT2D eigenvalue weighted by molar-refractivity contribution is 7.89. The molecule has 29 heavy (non-hydrogen) atoms. The van der Waals surface area contributed by atoms with E-state index in [1.165, 1.54) is 4.31 Å². The smallest absolute Gasteiger partial charge is 0.255 e. The molecule has 156 valence electrons. The molecule has 0 aromatic heterocycles. The second-order valence-corrected chi connectivity index (χ2v) is 9.24. The van der Waals surface area contributed by atoms with Crippen molar-refractivity contribution >= 4 is 21.6 Å². The minimum absolute atomic E-state index is 0.120. The summed E-state index contributed by atoms with van der Waals surface area (Å²) in [6.07, 6.45) is 3.89. The molecule has 1 N–H and O–H groups in total. The largest absolute Gasteiger partial charge is 0.491 e. The van der Waals surface area contributed by atoms with Gasteiger partial charge in [0.1, 0.15) is 5.75 Å². The Balaban J connectivity index is 1.64. The van der Waals surface area contributed by atoms with Crippen LogP contribution in [-0.2, 0) is 10.0 Å². The molecular formula is C22H28N2O4S. The van der Waals surface area contributed by atoms with Crippen molar-refractivity contribution in [3.63, 3.8) is 0 Å². The van der Waals surface area contributed by atoms with E-state index >= 15 is 0 Å². The maximum absolute atomic E-state index is 12.7. The van der Waals surface area contributed by atoms with Crippen LogP contribution in [0, 0.1) is 0 Å². The molecule has 0 aliphatic carbocycles. The number of piperidine rings is 1. The van der Waals surface area contributed by atoms with Gasteiger partial charge in [0, 0.05) is 24.3 Å². The van der Waals surface area contributed by atoms with E-state index < -0.39 is 10.0 Å². The van der Waals surface area contributed by atoms with Crippen molar-refractivity contribution in [2.45, 2.75) is 50.5 Å². The SMILES string of the molecule is CCC(C)Oc1ccc(C(=O)Nc2ccc(S(=O)(=O)N3CCCCC3)cc2)cc1. The van der Waals surface area contributed by atoms with E-state index in [4.69, 9.17) is 4.74 Å². The first kappa shape index (κ1) is 21.3. The van der Waals surface area contributed by atoms with Crippen molar-refractivity contribution in [3.05, 3.63) is 54.1 Å². The monoisotopic (exact) mass is 416 g/mol. The zero-order valence-electron chi connectivity index (χ0n) is 16.9. The van der Waals surface area contributed by atoms with Gasteiger partial charge in [-0.1, -0.05) is 13.3 Å². The molecule has 2 aromatic rings. The quantitative estimate of drug-likeness (QED) is 0.730. The maximum atomic E-state index is 12.7. The Morgan fingerprint density at radius 1 is 1.03 bits per heavy atom. The molecule has 3 rings (SSSR count). The molecule has 1 aliphatic heterocycles. The summed E-state index contributed by atoms with van der Waals surface area (Å²) in [5.41, 5.74) is 1.05. The van der Waals surface area contributed by atoms with E-state index in [-0.39, 0.29) is 16.9 Å². The minimum Gasteiger partial charge on any atom is -0.491 e. The van der Waals surface area contributed by atoms with Gasteiger partial charge in [-0.3, -0.25) is 4.79 Å². The Morgan fingerprint density at radius 3 is 2.24 bits per heavy atom. The Morgan fingerprint density at radius 2 is 1.66 bits per heavy atom. The summed E-state index contributed by atoms with van der Waals surface area (Å²) >= 11 is 0. The maximum Gasteiger partial charge on any atom is 0.255 e. The molecule has 1 unspecified atom stereocenters. The highest BCUT2D eigenvalue weighted by Crippen LogP contribution is 2.22. The number of anilines is 1. The molecule has 1 heterocycles. The first-order valence-corrected chi connectivity index (χ1v) is 11.5. The molecule has 0 bridgehead atoms. The van der Waals surface area contributed by atoms with Crippen LogP contribution in [-0.4, -0.2) is 37.8 Å². The fourth-order valence-electron chi connectivity index (χ4n) is 3.17. The standard InChI is InChI=1S/C22H28N2O4S/c1-3-17(2)28-20-11-7-18(8-12-20)22(25)23-19-9-13-21(14-10-19)29(26,27)24-15-5-4-6-16-24/h7-14,17H,3-6,15-16H2,1-2H3,(H,23,25).